The van der Waals surface area contributed by atoms with Crippen molar-refractivity contribution >= 4 is 28.7 Å². The van der Waals surface area contributed by atoms with Crippen LogP contribution in [0.1, 0.15) is 29.8 Å². The molecule has 6 rings (SSSR count). The lowest BCUT2D eigenvalue weighted by atomic mass is 9.95. The van der Waals surface area contributed by atoms with E-state index in [9.17, 15) is 14.3 Å². The number of hydrogen-bond acceptors (Lipinski definition) is 8. The molecule has 4 aromatic rings. The topological polar surface area (TPSA) is 111 Å². The van der Waals surface area contributed by atoms with Crippen molar-refractivity contribution in [3.63, 3.8) is 0 Å². The summed E-state index contributed by atoms with van der Waals surface area (Å²) in [6, 6.07) is 6.82. The predicted octanol–water partition coefficient (Wildman–Crippen LogP) is 2.81. The number of anilines is 3. The molecule has 0 spiro atoms. The normalized spacial score (nSPS) is 18.1. The van der Waals surface area contributed by atoms with Crippen LogP contribution in [0.2, 0.25) is 0 Å². The van der Waals surface area contributed by atoms with E-state index in [2.05, 4.69) is 35.4 Å². The number of aromatic nitrogens is 4. The van der Waals surface area contributed by atoms with E-state index in [1.165, 1.54) is 6.07 Å². The van der Waals surface area contributed by atoms with Crippen LogP contribution < -0.4 is 15.5 Å². The third kappa shape index (κ3) is 4.13. The Kier molecular flexibility index (Phi) is 5.77. The Balaban J connectivity index is 1.27. The van der Waals surface area contributed by atoms with Gasteiger partial charge in [0.2, 0.25) is 0 Å². The van der Waals surface area contributed by atoms with Gasteiger partial charge in [0.15, 0.2) is 11.5 Å². The quantitative estimate of drug-likeness (QED) is 0.372. The molecule has 6 heterocycles. The number of carbonyl (C=O) groups excluding carboxylic acids is 1. The Morgan fingerprint density at radius 3 is 2.74 bits per heavy atom. The van der Waals surface area contributed by atoms with Crippen LogP contribution >= 0.6 is 0 Å². The van der Waals surface area contributed by atoms with Crippen LogP contribution in [0.15, 0.2) is 49.1 Å². The zero-order chi connectivity index (χ0) is 26.6. The molecule has 11 heteroatoms. The van der Waals surface area contributed by atoms with E-state index in [1.807, 2.05) is 33.0 Å². The first kappa shape index (κ1) is 24.3. The highest BCUT2D eigenvalue weighted by atomic mass is 19.1. The minimum atomic E-state index is -0.820. The molecular formula is C27H29FN8O2. The smallest absolute Gasteiger partial charge is 0.254 e. The molecule has 0 bridgehead atoms. The summed E-state index contributed by atoms with van der Waals surface area (Å²) in [6.45, 7) is 6.36. The van der Waals surface area contributed by atoms with E-state index in [0.29, 0.717) is 41.5 Å². The van der Waals surface area contributed by atoms with Crippen molar-refractivity contribution in [1.29, 1.82) is 0 Å². The second kappa shape index (κ2) is 9.03. The van der Waals surface area contributed by atoms with Crippen molar-refractivity contribution in [2.45, 2.75) is 32.0 Å². The van der Waals surface area contributed by atoms with Crippen LogP contribution in [-0.2, 0) is 6.54 Å². The maximum atomic E-state index is 14.2. The van der Waals surface area contributed by atoms with Crippen LogP contribution in [-0.4, -0.2) is 73.6 Å². The monoisotopic (exact) mass is 516 g/mol. The largest absolute Gasteiger partial charge is 0.389 e. The van der Waals surface area contributed by atoms with Gasteiger partial charge in [-0.15, -0.1) is 0 Å². The highest BCUT2D eigenvalue weighted by molar-refractivity contribution is 6.05. The van der Waals surface area contributed by atoms with E-state index in [4.69, 9.17) is 0 Å². The molecule has 1 amide bonds. The molecule has 196 valence electrons. The van der Waals surface area contributed by atoms with Gasteiger partial charge in [0.1, 0.15) is 5.82 Å². The fourth-order valence-corrected chi connectivity index (χ4v) is 5.36. The highest BCUT2D eigenvalue weighted by Gasteiger charge is 2.35. The number of pyridine rings is 3. The Labute approximate surface area is 219 Å². The molecule has 1 atom stereocenters. The van der Waals surface area contributed by atoms with Gasteiger partial charge in [0.25, 0.3) is 5.91 Å². The maximum absolute atomic E-state index is 14.2. The van der Waals surface area contributed by atoms with Gasteiger partial charge >= 0.3 is 0 Å². The molecule has 0 aromatic carbocycles. The fraction of sp³-hybridized carbons (Fsp3) is 0.333. The summed E-state index contributed by atoms with van der Waals surface area (Å²) in [4.78, 5) is 30.6. The third-order valence-corrected chi connectivity index (χ3v) is 7.40. The number of nitrogens with zero attached hydrogens (tertiary/aromatic N) is 6. The van der Waals surface area contributed by atoms with Crippen molar-refractivity contribution in [2.24, 2.45) is 0 Å². The molecule has 4 aromatic heterocycles. The molecule has 38 heavy (non-hydrogen) atoms. The SMILES string of the molecule is CN1CCN(c2ccc(Nc3cnc(-c4cnc5c(F)cccn45)c4c3C(=O)NC4)nc2)CC1C(C)(C)O. The molecule has 1 fully saturated rings. The minimum absolute atomic E-state index is 0.00384. The van der Waals surface area contributed by atoms with Crippen LogP contribution in [0.25, 0.3) is 17.0 Å². The first-order chi connectivity index (χ1) is 18.2. The van der Waals surface area contributed by atoms with Crippen LogP contribution in [0.3, 0.4) is 0 Å². The summed E-state index contributed by atoms with van der Waals surface area (Å²) < 4.78 is 15.8. The standard InChI is InChI=1S/C27H29FN8O2/c1-27(2,38)21-15-35(10-9-34(21)3)16-6-7-22(29-11-16)33-19-13-30-24(17-12-32-26(37)23(17)19)20-14-31-25-18(28)5-4-8-36(20)25/h4-8,11,13-14,21,38H,9-10,12,15H2,1-3H3,(H,29,33)(H,32,37). The minimum Gasteiger partial charge on any atom is -0.389 e. The lowest BCUT2D eigenvalue weighted by molar-refractivity contribution is -0.0140. The number of fused-ring (bicyclic) bond motifs is 2. The van der Waals surface area contributed by atoms with Gasteiger partial charge in [0.05, 0.1) is 58.6 Å². The Bertz CT molecular complexity index is 1530. The van der Waals surface area contributed by atoms with Gasteiger partial charge in [-0.05, 0) is 45.2 Å². The van der Waals surface area contributed by atoms with Crippen molar-refractivity contribution in [3.8, 4) is 11.4 Å². The summed E-state index contributed by atoms with van der Waals surface area (Å²) in [5.74, 6) is -0.0577. The number of amides is 1. The van der Waals surface area contributed by atoms with Crippen molar-refractivity contribution in [2.75, 3.05) is 36.9 Å². The summed E-state index contributed by atoms with van der Waals surface area (Å²) >= 11 is 0. The van der Waals surface area contributed by atoms with Gasteiger partial charge in [-0.25, -0.2) is 14.4 Å². The lowest BCUT2D eigenvalue weighted by Crippen LogP contribution is -2.59. The van der Waals surface area contributed by atoms with Gasteiger partial charge in [-0.1, -0.05) is 0 Å². The van der Waals surface area contributed by atoms with Gasteiger partial charge in [-0.3, -0.25) is 19.1 Å². The average molecular weight is 517 g/mol. The second-order valence-electron chi connectivity index (χ2n) is 10.4. The highest BCUT2D eigenvalue weighted by Crippen LogP contribution is 2.34. The number of aliphatic hydroxyl groups is 1. The van der Waals surface area contributed by atoms with E-state index in [1.54, 1.807) is 35.3 Å². The molecule has 1 saturated heterocycles. The first-order valence-electron chi connectivity index (χ1n) is 12.5. The molecule has 0 saturated carbocycles. The van der Waals surface area contributed by atoms with Crippen LogP contribution in [0.4, 0.5) is 21.6 Å². The second-order valence-corrected chi connectivity index (χ2v) is 10.4. The van der Waals surface area contributed by atoms with E-state index >= 15 is 0 Å². The average Bonchev–Trinajstić information content (AvgIpc) is 3.50. The molecule has 10 nitrogen and oxygen atoms in total. The molecule has 0 radical (unpaired) electrons. The number of piperazine rings is 1. The summed E-state index contributed by atoms with van der Waals surface area (Å²) in [7, 11) is 2.03. The van der Waals surface area contributed by atoms with E-state index in [-0.39, 0.29) is 17.6 Å². The number of nitrogens with one attached hydrogen (secondary N) is 2. The zero-order valence-corrected chi connectivity index (χ0v) is 21.4. The summed E-state index contributed by atoms with van der Waals surface area (Å²) in [6.07, 6.45) is 6.69. The molecule has 2 aliphatic rings. The van der Waals surface area contributed by atoms with E-state index < -0.39 is 11.4 Å². The van der Waals surface area contributed by atoms with Crippen molar-refractivity contribution in [3.05, 3.63) is 66.0 Å². The molecular weight excluding hydrogens is 487 g/mol. The Morgan fingerprint density at radius 1 is 1.13 bits per heavy atom. The number of carbonyl (C=O) groups is 1. The Morgan fingerprint density at radius 2 is 1.97 bits per heavy atom. The molecule has 1 unspecified atom stereocenters. The number of imidazole rings is 1. The summed E-state index contributed by atoms with van der Waals surface area (Å²) in [5, 5.41) is 16.7. The maximum Gasteiger partial charge on any atom is 0.254 e. The molecule has 3 N–H and O–H groups in total. The van der Waals surface area contributed by atoms with Crippen molar-refractivity contribution in [1.82, 2.24) is 29.6 Å². The lowest BCUT2D eigenvalue weighted by Gasteiger charge is -2.45. The number of likely N-dealkylation sites (N-methyl/N-ethyl adjacent to an activating group) is 1. The third-order valence-electron chi connectivity index (χ3n) is 7.40. The number of hydrogen-bond donors (Lipinski definition) is 3. The predicted molar refractivity (Wildman–Crippen MR) is 142 cm³/mol. The van der Waals surface area contributed by atoms with Crippen LogP contribution in [0, 0.1) is 5.82 Å². The number of rotatable bonds is 5. The van der Waals surface area contributed by atoms with E-state index in [0.717, 1.165) is 24.3 Å². The molecule has 2 aliphatic heterocycles. The van der Waals surface area contributed by atoms with Crippen LogP contribution in [0.5, 0.6) is 0 Å². The summed E-state index contributed by atoms with van der Waals surface area (Å²) in [5.41, 5.74) is 3.28. The van der Waals surface area contributed by atoms with Gasteiger partial charge < -0.3 is 20.6 Å². The Hall–Kier alpha value is -4.09. The van der Waals surface area contributed by atoms with Gasteiger partial charge in [0, 0.05) is 37.9 Å². The first-order valence-corrected chi connectivity index (χ1v) is 12.5. The molecule has 0 aliphatic carbocycles. The van der Waals surface area contributed by atoms with Gasteiger partial charge in [-0.2, -0.15) is 0 Å². The number of halogens is 1. The fourth-order valence-electron chi connectivity index (χ4n) is 5.36. The van der Waals surface area contributed by atoms with Crippen molar-refractivity contribution < 1.29 is 14.3 Å². The zero-order valence-electron chi connectivity index (χ0n) is 21.4.